The summed E-state index contributed by atoms with van der Waals surface area (Å²) in [4.78, 5) is 30.5. The third kappa shape index (κ3) is 5.33. The van der Waals surface area contributed by atoms with E-state index in [1.807, 2.05) is 13.8 Å². The van der Waals surface area contributed by atoms with Crippen molar-refractivity contribution in [2.45, 2.75) is 39.3 Å². The van der Waals surface area contributed by atoms with Gasteiger partial charge in [0.15, 0.2) is 0 Å². The number of carbonyl (C=O) groups is 2. The Morgan fingerprint density at radius 2 is 2.11 bits per heavy atom. The molecular weight excluding hydrogens is 248 g/mol. The summed E-state index contributed by atoms with van der Waals surface area (Å²) in [6.45, 7) is 3.88. The van der Waals surface area contributed by atoms with Crippen LogP contribution in [0, 0.1) is 6.92 Å². The highest BCUT2D eigenvalue weighted by molar-refractivity contribution is 5.82. The average molecular weight is 266 g/mol. The number of rotatable bonds is 6. The zero-order valence-corrected chi connectivity index (χ0v) is 11.0. The molecule has 0 bridgehead atoms. The minimum atomic E-state index is -1.04. The van der Waals surface area contributed by atoms with Crippen LogP contribution in [-0.4, -0.2) is 33.1 Å². The second-order valence-corrected chi connectivity index (χ2v) is 4.16. The zero-order valence-electron chi connectivity index (χ0n) is 11.0. The highest BCUT2D eigenvalue weighted by Gasteiger charge is 2.18. The number of carbonyl (C=O) groups excluding carboxylic acids is 1. The van der Waals surface area contributed by atoms with E-state index in [1.165, 1.54) is 0 Å². The standard InChI is InChI=1S/C12H18N4O3/c1-3-4-10(11(17)18)16-12(19)15-7-9-6-13-8(2)5-14-9/h5-6,10H,3-4,7H2,1-2H3,(H,17,18)(H2,15,16,19)/t10-/m1/s1. The van der Waals surface area contributed by atoms with Gasteiger partial charge in [0.2, 0.25) is 0 Å². The van der Waals surface area contributed by atoms with Crippen molar-refractivity contribution in [2.75, 3.05) is 0 Å². The van der Waals surface area contributed by atoms with Crippen LogP contribution < -0.4 is 10.6 Å². The molecule has 1 aromatic rings. The molecule has 7 nitrogen and oxygen atoms in total. The van der Waals surface area contributed by atoms with Gasteiger partial charge in [-0.3, -0.25) is 9.97 Å². The number of carboxylic acid groups (broad SMARTS) is 1. The van der Waals surface area contributed by atoms with Crippen molar-refractivity contribution < 1.29 is 14.7 Å². The summed E-state index contributed by atoms with van der Waals surface area (Å²) in [6.07, 6.45) is 4.25. The lowest BCUT2D eigenvalue weighted by molar-refractivity contribution is -0.139. The highest BCUT2D eigenvalue weighted by Crippen LogP contribution is 1.97. The first-order chi connectivity index (χ1) is 9.02. The molecule has 1 aromatic heterocycles. The second kappa shape index (κ2) is 7.30. The van der Waals surface area contributed by atoms with Gasteiger partial charge < -0.3 is 15.7 Å². The Labute approximate surface area is 111 Å². The first kappa shape index (κ1) is 14.9. The molecule has 0 fully saturated rings. The number of nitrogens with zero attached hydrogens (tertiary/aromatic N) is 2. The molecule has 104 valence electrons. The number of amides is 2. The van der Waals surface area contributed by atoms with Crippen LogP contribution in [0.15, 0.2) is 12.4 Å². The molecule has 0 spiro atoms. The molecule has 0 aliphatic rings. The maximum Gasteiger partial charge on any atom is 0.326 e. The van der Waals surface area contributed by atoms with Gasteiger partial charge in [-0.15, -0.1) is 0 Å². The van der Waals surface area contributed by atoms with Gasteiger partial charge in [-0.1, -0.05) is 13.3 Å². The molecular formula is C12H18N4O3. The molecule has 1 atom stereocenters. The zero-order chi connectivity index (χ0) is 14.3. The molecule has 0 radical (unpaired) electrons. The number of aromatic nitrogens is 2. The monoisotopic (exact) mass is 266 g/mol. The first-order valence-electron chi connectivity index (χ1n) is 6.07. The quantitative estimate of drug-likeness (QED) is 0.707. The van der Waals surface area contributed by atoms with Crippen molar-refractivity contribution in [1.82, 2.24) is 20.6 Å². The summed E-state index contributed by atoms with van der Waals surface area (Å²) < 4.78 is 0. The summed E-state index contributed by atoms with van der Waals surface area (Å²) in [6, 6.07) is -1.39. The van der Waals surface area contributed by atoms with E-state index in [0.717, 1.165) is 5.69 Å². The smallest absolute Gasteiger partial charge is 0.326 e. The number of hydrogen-bond donors (Lipinski definition) is 3. The molecule has 19 heavy (non-hydrogen) atoms. The van der Waals surface area contributed by atoms with E-state index in [-0.39, 0.29) is 6.54 Å². The summed E-state index contributed by atoms with van der Waals surface area (Å²) in [5, 5.41) is 13.9. The number of aryl methyl sites for hydroxylation is 1. The number of urea groups is 1. The van der Waals surface area contributed by atoms with Crippen LogP contribution in [-0.2, 0) is 11.3 Å². The van der Waals surface area contributed by atoms with Crippen molar-refractivity contribution in [3.8, 4) is 0 Å². The van der Waals surface area contributed by atoms with Crippen molar-refractivity contribution in [3.05, 3.63) is 23.8 Å². The summed E-state index contributed by atoms with van der Waals surface area (Å²) in [5.74, 6) is -1.04. The molecule has 2 amide bonds. The molecule has 0 aliphatic carbocycles. The number of hydrogen-bond acceptors (Lipinski definition) is 4. The van der Waals surface area contributed by atoms with Crippen LogP contribution in [0.2, 0.25) is 0 Å². The fraction of sp³-hybridized carbons (Fsp3) is 0.500. The van der Waals surface area contributed by atoms with Gasteiger partial charge in [-0.25, -0.2) is 9.59 Å². The van der Waals surface area contributed by atoms with E-state index in [0.29, 0.717) is 18.5 Å². The third-order valence-electron chi connectivity index (χ3n) is 2.45. The average Bonchev–Trinajstić information content (AvgIpc) is 2.37. The fourth-order valence-electron chi connectivity index (χ4n) is 1.44. The summed E-state index contributed by atoms with van der Waals surface area (Å²) in [5.41, 5.74) is 1.41. The Bertz CT molecular complexity index is 433. The SMILES string of the molecule is CCC[C@@H](NC(=O)NCc1cnc(C)cn1)C(=O)O. The summed E-state index contributed by atoms with van der Waals surface area (Å²) in [7, 11) is 0. The number of nitrogens with one attached hydrogen (secondary N) is 2. The van der Waals surface area contributed by atoms with E-state index < -0.39 is 18.0 Å². The van der Waals surface area contributed by atoms with E-state index in [4.69, 9.17) is 5.11 Å². The largest absolute Gasteiger partial charge is 0.480 e. The van der Waals surface area contributed by atoms with Gasteiger partial charge in [-0.05, 0) is 13.3 Å². The molecule has 0 aromatic carbocycles. The Hall–Kier alpha value is -2.18. The van der Waals surface area contributed by atoms with Crippen LogP contribution in [0.3, 0.4) is 0 Å². The second-order valence-electron chi connectivity index (χ2n) is 4.16. The minimum Gasteiger partial charge on any atom is -0.480 e. The van der Waals surface area contributed by atoms with Crippen LogP contribution >= 0.6 is 0 Å². The topological polar surface area (TPSA) is 104 Å². The maximum atomic E-state index is 11.5. The predicted octanol–water partition coefficient (Wildman–Crippen LogP) is 0.838. The molecule has 0 aliphatic heterocycles. The van der Waals surface area contributed by atoms with Crippen LogP contribution in [0.5, 0.6) is 0 Å². The first-order valence-corrected chi connectivity index (χ1v) is 6.07. The van der Waals surface area contributed by atoms with Crippen LogP contribution in [0.25, 0.3) is 0 Å². The molecule has 1 heterocycles. The number of aliphatic carboxylic acids is 1. The Balaban J connectivity index is 2.42. The van der Waals surface area contributed by atoms with Crippen LogP contribution in [0.1, 0.15) is 31.2 Å². The van der Waals surface area contributed by atoms with E-state index in [2.05, 4.69) is 20.6 Å². The normalized spacial score (nSPS) is 11.7. The molecule has 0 saturated heterocycles. The Kier molecular flexibility index (Phi) is 5.72. The van der Waals surface area contributed by atoms with Gasteiger partial charge >= 0.3 is 12.0 Å². The fourth-order valence-corrected chi connectivity index (χ4v) is 1.44. The number of carboxylic acids is 1. The van der Waals surface area contributed by atoms with E-state index in [9.17, 15) is 9.59 Å². The van der Waals surface area contributed by atoms with Crippen molar-refractivity contribution >= 4 is 12.0 Å². The van der Waals surface area contributed by atoms with Crippen molar-refractivity contribution in [3.63, 3.8) is 0 Å². The van der Waals surface area contributed by atoms with Crippen molar-refractivity contribution in [1.29, 1.82) is 0 Å². The van der Waals surface area contributed by atoms with Gasteiger partial charge in [0.25, 0.3) is 0 Å². The van der Waals surface area contributed by atoms with E-state index >= 15 is 0 Å². The van der Waals surface area contributed by atoms with Crippen LogP contribution in [0.4, 0.5) is 4.79 Å². The highest BCUT2D eigenvalue weighted by atomic mass is 16.4. The van der Waals surface area contributed by atoms with Gasteiger partial charge in [0.05, 0.1) is 24.1 Å². The molecule has 7 heteroatoms. The lowest BCUT2D eigenvalue weighted by Gasteiger charge is -2.14. The Morgan fingerprint density at radius 1 is 1.37 bits per heavy atom. The molecule has 1 rings (SSSR count). The minimum absolute atomic E-state index is 0.206. The maximum absolute atomic E-state index is 11.5. The lowest BCUT2D eigenvalue weighted by atomic mass is 10.2. The van der Waals surface area contributed by atoms with Gasteiger partial charge in [0, 0.05) is 6.20 Å². The van der Waals surface area contributed by atoms with Crippen molar-refractivity contribution in [2.24, 2.45) is 0 Å². The lowest BCUT2D eigenvalue weighted by Crippen LogP contribution is -2.45. The molecule has 3 N–H and O–H groups in total. The van der Waals surface area contributed by atoms with Gasteiger partial charge in [0.1, 0.15) is 6.04 Å². The molecule has 0 unspecified atom stereocenters. The summed E-state index contributed by atoms with van der Waals surface area (Å²) >= 11 is 0. The predicted molar refractivity (Wildman–Crippen MR) is 68.5 cm³/mol. The Morgan fingerprint density at radius 3 is 2.63 bits per heavy atom. The van der Waals surface area contributed by atoms with E-state index in [1.54, 1.807) is 12.4 Å². The van der Waals surface area contributed by atoms with Gasteiger partial charge in [-0.2, -0.15) is 0 Å². The third-order valence-corrected chi connectivity index (χ3v) is 2.45. The molecule has 0 saturated carbocycles.